The van der Waals surface area contributed by atoms with E-state index in [0.29, 0.717) is 18.4 Å². The summed E-state index contributed by atoms with van der Waals surface area (Å²) in [5.74, 6) is -4.72. The van der Waals surface area contributed by atoms with Crippen LogP contribution in [0, 0.1) is 18.8 Å². The molecule has 0 radical (unpaired) electrons. The third kappa shape index (κ3) is 3.87. The standard InChI is InChI=1S/C17H21NO7S/c1-8-11(16(22)24-2)14(26-12(8)17(23)25-3)18-13(19)9-6-4-5-7-10(9)15(20)21/h9-10H,4-7H2,1-3H3,(H,18,19)(H,20,21)/p-1/t9-,10+/m0/s1. The third-order valence-corrected chi connectivity index (χ3v) is 5.74. The first-order valence-electron chi connectivity index (χ1n) is 8.13. The minimum atomic E-state index is -1.25. The van der Waals surface area contributed by atoms with Gasteiger partial charge in [-0.3, -0.25) is 4.79 Å². The molecule has 1 N–H and O–H groups in total. The van der Waals surface area contributed by atoms with Gasteiger partial charge in [-0.1, -0.05) is 12.8 Å². The summed E-state index contributed by atoms with van der Waals surface area (Å²) < 4.78 is 9.42. The molecule has 0 bridgehead atoms. The topological polar surface area (TPSA) is 122 Å². The van der Waals surface area contributed by atoms with Crippen molar-refractivity contribution in [1.29, 1.82) is 0 Å². The molecule has 0 aromatic carbocycles. The summed E-state index contributed by atoms with van der Waals surface area (Å²) in [6.07, 6.45) is 2.26. The van der Waals surface area contributed by atoms with Gasteiger partial charge in [-0.05, 0) is 25.3 Å². The van der Waals surface area contributed by atoms with Crippen LogP contribution in [0.3, 0.4) is 0 Å². The predicted octanol–water partition coefficient (Wildman–Crippen LogP) is 1.12. The van der Waals surface area contributed by atoms with Crippen molar-refractivity contribution in [3.05, 3.63) is 16.0 Å². The highest BCUT2D eigenvalue weighted by molar-refractivity contribution is 7.18. The molecule has 1 saturated carbocycles. The van der Waals surface area contributed by atoms with Gasteiger partial charge >= 0.3 is 11.9 Å². The second-order valence-corrected chi connectivity index (χ2v) is 7.07. The van der Waals surface area contributed by atoms with Gasteiger partial charge in [0.2, 0.25) is 5.91 Å². The van der Waals surface area contributed by atoms with Crippen LogP contribution in [0.2, 0.25) is 0 Å². The zero-order valence-electron chi connectivity index (χ0n) is 14.7. The Hall–Kier alpha value is -2.42. The number of amides is 1. The van der Waals surface area contributed by atoms with Crippen molar-refractivity contribution >= 4 is 40.2 Å². The zero-order chi connectivity index (χ0) is 19.4. The average Bonchev–Trinajstić information content (AvgIpc) is 2.96. The normalized spacial score (nSPS) is 19.5. The average molecular weight is 382 g/mol. The first-order chi connectivity index (χ1) is 12.3. The maximum atomic E-state index is 12.6. The van der Waals surface area contributed by atoms with Crippen molar-refractivity contribution in [3.8, 4) is 0 Å². The first kappa shape index (κ1) is 19.9. The molecule has 1 aliphatic rings. The monoisotopic (exact) mass is 382 g/mol. The minimum absolute atomic E-state index is 0.0621. The van der Waals surface area contributed by atoms with Crippen LogP contribution in [-0.4, -0.2) is 38.0 Å². The Morgan fingerprint density at radius 1 is 1.04 bits per heavy atom. The number of carboxylic acid groups (broad SMARTS) is 1. The molecule has 0 spiro atoms. The molecule has 1 fully saturated rings. The van der Waals surface area contributed by atoms with Crippen LogP contribution in [-0.2, 0) is 19.1 Å². The quantitative estimate of drug-likeness (QED) is 0.757. The van der Waals surface area contributed by atoms with Gasteiger partial charge in [0.25, 0.3) is 0 Å². The molecule has 0 unspecified atom stereocenters. The van der Waals surface area contributed by atoms with Gasteiger partial charge in [0.15, 0.2) is 0 Å². The number of thiophene rings is 1. The van der Waals surface area contributed by atoms with Crippen molar-refractivity contribution in [3.63, 3.8) is 0 Å². The number of ether oxygens (including phenoxy) is 2. The molecule has 2 rings (SSSR count). The van der Waals surface area contributed by atoms with E-state index in [-0.39, 0.29) is 15.4 Å². The number of carboxylic acids is 1. The lowest BCUT2D eigenvalue weighted by atomic mass is 9.79. The van der Waals surface area contributed by atoms with Crippen LogP contribution in [0.4, 0.5) is 5.00 Å². The Balaban J connectivity index is 2.35. The fraction of sp³-hybridized carbons (Fsp3) is 0.529. The SMILES string of the molecule is COC(=O)c1sc(NC(=O)[C@H]2CCCC[C@H]2C(=O)[O-])c(C(=O)OC)c1C. The molecule has 142 valence electrons. The highest BCUT2D eigenvalue weighted by Crippen LogP contribution is 2.36. The number of esters is 2. The summed E-state index contributed by atoms with van der Waals surface area (Å²) in [6.45, 7) is 1.55. The summed E-state index contributed by atoms with van der Waals surface area (Å²) >= 11 is 0.894. The van der Waals surface area contributed by atoms with Crippen LogP contribution >= 0.6 is 11.3 Å². The Bertz CT molecular complexity index is 740. The lowest BCUT2D eigenvalue weighted by Crippen LogP contribution is -2.42. The van der Waals surface area contributed by atoms with E-state index in [9.17, 15) is 24.3 Å². The van der Waals surface area contributed by atoms with Crippen molar-refractivity contribution in [2.24, 2.45) is 11.8 Å². The van der Waals surface area contributed by atoms with E-state index in [2.05, 4.69) is 10.1 Å². The number of carbonyl (C=O) groups is 4. The fourth-order valence-electron chi connectivity index (χ4n) is 3.17. The second-order valence-electron chi connectivity index (χ2n) is 6.05. The van der Waals surface area contributed by atoms with Crippen LogP contribution in [0.1, 0.15) is 51.3 Å². The van der Waals surface area contributed by atoms with E-state index >= 15 is 0 Å². The molecule has 8 nitrogen and oxygen atoms in total. The summed E-state index contributed by atoms with van der Waals surface area (Å²) in [5, 5.41) is 14.0. The van der Waals surface area contributed by atoms with E-state index in [1.807, 2.05) is 0 Å². The molecule has 0 aliphatic heterocycles. The largest absolute Gasteiger partial charge is 0.550 e. The molecule has 1 aromatic rings. The molecule has 1 aliphatic carbocycles. The third-order valence-electron chi connectivity index (χ3n) is 4.55. The molecule has 0 saturated heterocycles. The van der Waals surface area contributed by atoms with Crippen molar-refractivity contribution in [1.82, 2.24) is 0 Å². The summed E-state index contributed by atoms with van der Waals surface area (Å²) in [7, 11) is 2.40. The van der Waals surface area contributed by atoms with Crippen molar-refractivity contribution < 1.29 is 33.8 Å². The Kier molecular flexibility index (Phi) is 6.36. The summed E-state index contributed by atoms with van der Waals surface area (Å²) in [6, 6.07) is 0. The number of aliphatic carboxylic acids is 1. The highest BCUT2D eigenvalue weighted by Gasteiger charge is 2.34. The smallest absolute Gasteiger partial charge is 0.348 e. The number of rotatable bonds is 5. The van der Waals surface area contributed by atoms with Crippen LogP contribution in [0.25, 0.3) is 0 Å². The Labute approximate surface area is 154 Å². The van der Waals surface area contributed by atoms with Gasteiger partial charge in [-0.25, -0.2) is 9.59 Å². The number of methoxy groups -OCH3 is 2. The van der Waals surface area contributed by atoms with Crippen molar-refractivity contribution in [2.75, 3.05) is 19.5 Å². The second kappa shape index (κ2) is 8.31. The van der Waals surface area contributed by atoms with Crippen LogP contribution < -0.4 is 10.4 Å². The van der Waals surface area contributed by atoms with Crippen LogP contribution in [0.15, 0.2) is 0 Å². The number of nitrogens with one attached hydrogen (secondary N) is 1. The Morgan fingerprint density at radius 2 is 1.62 bits per heavy atom. The van der Waals surface area contributed by atoms with Gasteiger partial charge in [0, 0.05) is 17.8 Å². The number of hydrogen-bond donors (Lipinski definition) is 1. The highest BCUT2D eigenvalue weighted by atomic mass is 32.1. The molecule has 1 amide bonds. The van der Waals surface area contributed by atoms with E-state index < -0.39 is 35.7 Å². The maximum absolute atomic E-state index is 12.6. The molecule has 1 heterocycles. The predicted molar refractivity (Wildman–Crippen MR) is 90.8 cm³/mol. The van der Waals surface area contributed by atoms with Gasteiger partial charge in [0.1, 0.15) is 9.88 Å². The molecular weight excluding hydrogens is 362 g/mol. The number of hydrogen-bond acceptors (Lipinski definition) is 8. The van der Waals surface area contributed by atoms with Crippen LogP contribution in [0.5, 0.6) is 0 Å². The summed E-state index contributed by atoms with van der Waals surface area (Å²) in [4.78, 5) is 48.1. The van der Waals surface area contributed by atoms with E-state index in [0.717, 1.165) is 24.2 Å². The number of anilines is 1. The van der Waals surface area contributed by atoms with E-state index in [4.69, 9.17) is 4.74 Å². The van der Waals surface area contributed by atoms with Crippen molar-refractivity contribution in [2.45, 2.75) is 32.6 Å². The molecule has 1 aromatic heterocycles. The van der Waals surface area contributed by atoms with Gasteiger partial charge in [-0.2, -0.15) is 0 Å². The van der Waals surface area contributed by atoms with Gasteiger partial charge in [-0.15, -0.1) is 11.3 Å². The maximum Gasteiger partial charge on any atom is 0.348 e. The number of carbonyl (C=O) groups excluding carboxylic acids is 4. The van der Waals surface area contributed by atoms with Gasteiger partial charge < -0.3 is 24.7 Å². The molecule has 2 atom stereocenters. The Morgan fingerprint density at radius 3 is 2.15 bits per heavy atom. The van der Waals surface area contributed by atoms with E-state index in [1.54, 1.807) is 6.92 Å². The van der Waals surface area contributed by atoms with E-state index in [1.165, 1.54) is 14.2 Å². The van der Waals surface area contributed by atoms with Gasteiger partial charge in [0.05, 0.1) is 19.8 Å². The zero-order valence-corrected chi connectivity index (χ0v) is 15.6. The first-order valence-corrected chi connectivity index (χ1v) is 8.95. The molecule has 26 heavy (non-hydrogen) atoms. The lowest BCUT2D eigenvalue weighted by molar-refractivity contribution is -0.313. The fourth-order valence-corrected chi connectivity index (χ4v) is 4.28. The molecule has 9 heteroatoms. The minimum Gasteiger partial charge on any atom is -0.550 e. The summed E-state index contributed by atoms with van der Waals surface area (Å²) in [5.41, 5.74) is 0.399. The molecular formula is C17H20NO7S-. The lowest BCUT2D eigenvalue weighted by Gasteiger charge is -2.31.